The number of hydrogen-bond acceptors (Lipinski definition) is 2. The van der Waals surface area contributed by atoms with Crippen LogP contribution in [0.2, 0.25) is 0 Å². The van der Waals surface area contributed by atoms with Crippen molar-refractivity contribution in [2.75, 3.05) is 13.1 Å². The van der Waals surface area contributed by atoms with Crippen molar-refractivity contribution in [3.05, 3.63) is 0 Å². The van der Waals surface area contributed by atoms with Crippen molar-refractivity contribution in [2.24, 2.45) is 0 Å². The van der Waals surface area contributed by atoms with Crippen LogP contribution in [0.15, 0.2) is 0 Å². The molecule has 2 nitrogen and oxygen atoms in total. The van der Waals surface area contributed by atoms with Gasteiger partial charge >= 0.3 is 0 Å². The van der Waals surface area contributed by atoms with E-state index in [0.29, 0.717) is 13.0 Å². The van der Waals surface area contributed by atoms with Crippen molar-refractivity contribution in [1.82, 2.24) is 4.90 Å². The summed E-state index contributed by atoms with van der Waals surface area (Å²) in [5, 5.41) is 8.29. The predicted octanol–water partition coefficient (Wildman–Crippen LogP) is 1.24. The Bertz CT molecular complexity index is 164. The van der Waals surface area contributed by atoms with Crippen LogP contribution in [0.4, 0.5) is 8.78 Å². The molecule has 1 atom stereocenters. The minimum atomic E-state index is -2.30. The Morgan fingerprint density at radius 1 is 1.64 bits per heavy atom. The third kappa shape index (κ3) is 1.87. The zero-order chi connectivity index (χ0) is 8.27. The van der Waals surface area contributed by atoms with Crippen molar-refractivity contribution < 1.29 is 8.78 Å². The van der Waals surface area contributed by atoms with E-state index in [2.05, 4.69) is 0 Å². The van der Waals surface area contributed by atoms with Gasteiger partial charge in [0.2, 0.25) is 0 Å². The first-order chi connectivity index (χ1) is 5.25. The van der Waals surface area contributed by atoms with E-state index in [1.54, 1.807) is 4.90 Å². The summed E-state index contributed by atoms with van der Waals surface area (Å²) in [7, 11) is 0. The number of nitrogens with zero attached hydrogens (tertiary/aromatic N) is 2. The number of likely N-dealkylation sites (tertiary alicyclic amines) is 1. The van der Waals surface area contributed by atoms with Gasteiger partial charge in [0.15, 0.2) is 0 Å². The molecule has 0 bridgehead atoms. The van der Waals surface area contributed by atoms with Crippen molar-refractivity contribution >= 4 is 0 Å². The second-order valence-corrected chi connectivity index (χ2v) is 2.67. The summed E-state index contributed by atoms with van der Waals surface area (Å²) >= 11 is 0. The molecule has 0 aromatic rings. The zero-order valence-electron chi connectivity index (χ0n) is 6.13. The number of hydrogen-bond donors (Lipinski definition) is 0. The van der Waals surface area contributed by atoms with Gasteiger partial charge in [0.05, 0.1) is 18.7 Å². The lowest BCUT2D eigenvalue weighted by Crippen LogP contribution is -2.35. The molecule has 0 aromatic carbocycles. The van der Waals surface area contributed by atoms with Crippen LogP contribution in [0, 0.1) is 11.3 Å². The molecule has 0 radical (unpaired) electrons. The van der Waals surface area contributed by atoms with Crippen molar-refractivity contribution in [2.45, 2.75) is 25.3 Å². The lowest BCUT2D eigenvalue weighted by molar-refractivity contribution is 0.0533. The highest BCUT2D eigenvalue weighted by molar-refractivity contribution is 4.87. The molecule has 4 heteroatoms. The second kappa shape index (κ2) is 3.63. The summed E-state index contributed by atoms with van der Waals surface area (Å²) in [5.74, 6) is 0. The molecule has 0 amide bonds. The van der Waals surface area contributed by atoms with Crippen molar-refractivity contribution in [1.29, 1.82) is 5.26 Å². The summed E-state index contributed by atoms with van der Waals surface area (Å²) < 4.78 is 24.3. The van der Waals surface area contributed by atoms with Gasteiger partial charge in [-0.05, 0) is 19.4 Å². The van der Waals surface area contributed by atoms with Gasteiger partial charge in [0, 0.05) is 0 Å². The zero-order valence-corrected chi connectivity index (χ0v) is 6.13. The minimum Gasteiger partial charge on any atom is -0.282 e. The Morgan fingerprint density at radius 2 is 2.36 bits per heavy atom. The summed E-state index contributed by atoms with van der Waals surface area (Å²) in [4.78, 5) is 1.55. The molecule has 62 valence electrons. The summed E-state index contributed by atoms with van der Waals surface area (Å²) in [5.41, 5.74) is 0. The van der Waals surface area contributed by atoms with Gasteiger partial charge in [0.25, 0.3) is 6.43 Å². The monoisotopic (exact) mass is 160 g/mol. The van der Waals surface area contributed by atoms with Gasteiger partial charge < -0.3 is 0 Å². The number of halogens is 2. The normalized spacial score (nSPS) is 25.8. The van der Waals surface area contributed by atoms with Crippen LogP contribution in [0.25, 0.3) is 0 Å². The largest absolute Gasteiger partial charge is 0.282 e. The van der Waals surface area contributed by atoms with Gasteiger partial charge in [-0.1, -0.05) is 0 Å². The van der Waals surface area contributed by atoms with E-state index < -0.39 is 12.5 Å². The van der Waals surface area contributed by atoms with E-state index in [-0.39, 0.29) is 6.54 Å². The first-order valence-electron chi connectivity index (χ1n) is 3.65. The van der Waals surface area contributed by atoms with Crippen LogP contribution in [-0.4, -0.2) is 30.5 Å². The van der Waals surface area contributed by atoms with Gasteiger partial charge in [-0.15, -0.1) is 0 Å². The maximum atomic E-state index is 12.2. The SMILES string of the molecule is N#CCN1CCC[C@@H]1C(F)F. The summed E-state index contributed by atoms with van der Waals surface area (Å²) in [6.45, 7) is 0.775. The smallest absolute Gasteiger partial charge is 0.253 e. The first-order valence-corrected chi connectivity index (χ1v) is 3.65. The predicted molar refractivity (Wildman–Crippen MR) is 36.2 cm³/mol. The van der Waals surface area contributed by atoms with Gasteiger partial charge in [-0.25, -0.2) is 8.78 Å². The molecular formula is C7H10F2N2. The van der Waals surface area contributed by atoms with Crippen LogP contribution in [-0.2, 0) is 0 Å². The van der Waals surface area contributed by atoms with E-state index in [4.69, 9.17) is 5.26 Å². The summed E-state index contributed by atoms with van der Waals surface area (Å²) in [6, 6.07) is 1.22. The molecule has 0 aromatic heterocycles. The van der Waals surface area contributed by atoms with Crippen molar-refractivity contribution in [3.63, 3.8) is 0 Å². The molecular weight excluding hydrogens is 150 g/mol. The van der Waals surface area contributed by atoms with E-state index >= 15 is 0 Å². The number of rotatable bonds is 2. The average molecular weight is 160 g/mol. The molecule has 1 aliphatic rings. The second-order valence-electron chi connectivity index (χ2n) is 2.67. The molecule has 0 unspecified atom stereocenters. The highest BCUT2D eigenvalue weighted by Gasteiger charge is 2.31. The molecule has 0 aliphatic carbocycles. The average Bonchev–Trinajstić information content (AvgIpc) is 2.36. The number of alkyl halides is 2. The van der Waals surface area contributed by atoms with Crippen molar-refractivity contribution in [3.8, 4) is 6.07 Å². The fraction of sp³-hybridized carbons (Fsp3) is 0.857. The van der Waals surface area contributed by atoms with Crippen LogP contribution in [0.1, 0.15) is 12.8 Å². The molecule has 0 spiro atoms. The fourth-order valence-electron chi connectivity index (χ4n) is 1.42. The van der Waals surface area contributed by atoms with E-state index in [0.717, 1.165) is 6.42 Å². The van der Waals surface area contributed by atoms with Crippen LogP contribution >= 0.6 is 0 Å². The molecule has 11 heavy (non-hydrogen) atoms. The lowest BCUT2D eigenvalue weighted by Gasteiger charge is -2.19. The minimum absolute atomic E-state index is 0.134. The molecule has 1 fully saturated rings. The molecule has 0 saturated carbocycles. The Hall–Kier alpha value is -0.690. The molecule has 1 rings (SSSR count). The molecule has 0 N–H and O–H groups in total. The first kappa shape index (κ1) is 8.41. The Kier molecular flexibility index (Phi) is 2.77. The van der Waals surface area contributed by atoms with Gasteiger partial charge in [-0.2, -0.15) is 5.26 Å². The third-order valence-electron chi connectivity index (χ3n) is 1.98. The quantitative estimate of drug-likeness (QED) is 0.568. The van der Waals surface area contributed by atoms with E-state index in [1.807, 2.05) is 6.07 Å². The van der Waals surface area contributed by atoms with E-state index in [9.17, 15) is 8.78 Å². The molecule has 1 heterocycles. The molecule has 1 aliphatic heterocycles. The molecule has 1 saturated heterocycles. The van der Waals surface area contributed by atoms with Gasteiger partial charge in [0.1, 0.15) is 0 Å². The maximum absolute atomic E-state index is 12.2. The Labute approximate surface area is 64.4 Å². The maximum Gasteiger partial charge on any atom is 0.253 e. The number of nitriles is 1. The summed E-state index contributed by atoms with van der Waals surface area (Å²) in [6.07, 6.45) is -0.985. The van der Waals surface area contributed by atoms with Crippen LogP contribution in [0.5, 0.6) is 0 Å². The van der Waals surface area contributed by atoms with Gasteiger partial charge in [-0.3, -0.25) is 4.90 Å². The standard InChI is InChI=1S/C7H10F2N2/c8-7(9)6-2-1-4-11(6)5-3-10/h6-7H,1-2,4-5H2/t6-/m1/s1. The highest BCUT2D eigenvalue weighted by Crippen LogP contribution is 2.21. The highest BCUT2D eigenvalue weighted by atomic mass is 19.3. The van der Waals surface area contributed by atoms with E-state index in [1.165, 1.54) is 0 Å². The third-order valence-corrected chi connectivity index (χ3v) is 1.98. The van der Waals surface area contributed by atoms with Crippen LogP contribution in [0.3, 0.4) is 0 Å². The topological polar surface area (TPSA) is 27.0 Å². The Balaban J connectivity index is 2.45. The Morgan fingerprint density at radius 3 is 2.91 bits per heavy atom. The van der Waals surface area contributed by atoms with Crippen LogP contribution < -0.4 is 0 Å². The lowest BCUT2D eigenvalue weighted by atomic mass is 10.2. The fourth-order valence-corrected chi connectivity index (χ4v) is 1.42.